The van der Waals surface area contributed by atoms with Crippen LogP contribution in [0.5, 0.6) is 0 Å². The summed E-state index contributed by atoms with van der Waals surface area (Å²) in [7, 11) is 0. The first-order valence-electron chi connectivity index (χ1n) is 22.5. The Bertz CT molecular complexity index is 1920. The second-order valence-electron chi connectivity index (χ2n) is 16.1. The third-order valence-electron chi connectivity index (χ3n) is 9.53. The Balaban J connectivity index is -0.00000145. The fraction of sp³-hybridized carbons (Fsp3) is 0.389. The number of ether oxygens (including phenoxy) is 13. The Kier molecular flexibility index (Phi) is 39.0. The van der Waals surface area contributed by atoms with Crippen molar-refractivity contribution < 1.29 is 119 Å². The molecule has 79 heavy (non-hydrogen) atoms. The van der Waals surface area contributed by atoms with Crippen LogP contribution in [0, 0.1) is 21.7 Å². The van der Waals surface area contributed by atoms with E-state index >= 15 is 0 Å². The molecule has 0 aromatic carbocycles. The lowest BCUT2D eigenvalue weighted by Gasteiger charge is -2.35. The molecule has 0 radical (unpaired) electrons. The molecule has 0 amide bonds. The highest BCUT2D eigenvalue weighted by Gasteiger charge is 2.42. The van der Waals surface area contributed by atoms with Crippen molar-refractivity contribution >= 4 is 65.7 Å². The van der Waals surface area contributed by atoms with Gasteiger partial charge in [-0.1, -0.05) is 79.8 Å². The molecule has 0 rings (SSSR count). The molecule has 0 aliphatic heterocycles. The van der Waals surface area contributed by atoms with Crippen molar-refractivity contribution in [2.45, 2.75) is 7.43 Å². The van der Waals surface area contributed by atoms with Gasteiger partial charge in [-0.25, -0.2) is 52.7 Å². The fourth-order valence-electron chi connectivity index (χ4n) is 5.09. The zero-order chi connectivity index (χ0) is 59.6. The Labute approximate surface area is 458 Å². The predicted octanol–water partition coefficient (Wildman–Crippen LogP) is 2.60. The van der Waals surface area contributed by atoms with Gasteiger partial charge in [-0.3, -0.25) is 0 Å². The Hall–Kier alpha value is -8.81. The highest BCUT2D eigenvalue weighted by atomic mass is 16.6. The molecule has 0 spiro atoms. The van der Waals surface area contributed by atoms with Gasteiger partial charge in [0.2, 0.25) is 0 Å². The van der Waals surface area contributed by atoms with E-state index in [1.165, 1.54) is 0 Å². The van der Waals surface area contributed by atoms with E-state index < -0.39 is 180 Å². The van der Waals surface area contributed by atoms with Crippen LogP contribution in [0.2, 0.25) is 0 Å². The van der Waals surface area contributed by atoms with Crippen molar-refractivity contribution in [3.63, 3.8) is 0 Å². The van der Waals surface area contributed by atoms with Gasteiger partial charge in [0.1, 0.15) is 72.7 Å². The molecule has 0 unspecified atom stereocenters. The summed E-state index contributed by atoms with van der Waals surface area (Å²) in [6.07, 6.45) is 9.82. The van der Waals surface area contributed by atoms with Gasteiger partial charge >= 0.3 is 65.7 Å². The molecular weight excluding hydrogens is 1050 g/mol. The minimum Gasteiger partial charge on any atom is -0.462 e. The van der Waals surface area contributed by atoms with E-state index in [2.05, 4.69) is 72.4 Å². The van der Waals surface area contributed by atoms with Crippen LogP contribution in [0.3, 0.4) is 0 Å². The smallest absolute Gasteiger partial charge is 0.330 e. The van der Waals surface area contributed by atoms with Crippen molar-refractivity contribution in [2.75, 3.05) is 106 Å². The van der Waals surface area contributed by atoms with Crippen LogP contribution < -0.4 is 0 Å². The Morgan fingerprint density at radius 2 is 0.354 bits per heavy atom. The first-order chi connectivity index (χ1) is 37.0. The average molecular weight is 1120 g/mol. The fourth-order valence-corrected chi connectivity index (χ4v) is 5.09. The number of esters is 11. The number of rotatable bonds is 42. The molecule has 0 saturated heterocycles. The summed E-state index contributed by atoms with van der Waals surface area (Å²) in [6, 6.07) is 0. The monoisotopic (exact) mass is 1120 g/mol. The molecule has 0 fully saturated rings. The molecule has 436 valence electrons. The molecule has 25 heteroatoms. The molecule has 0 bridgehead atoms. The predicted molar refractivity (Wildman–Crippen MR) is 278 cm³/mol. The summed E-state index contributed by atoms with van der Waals surface area (Å²) in [5, 5.41) is 10.0. The number of hydrogen-bond acceptors (Lipinski definition) is 25. The summed E-state index contributed by atoms with van der Waals surface area (Å²) >= 11 is 0. The maximum atomic E-state index is 11.8. The molecule has 1 N–H and O–H groups in total. The lowest BCUT2D eigenvalue weighted by molar-refractivity contribution is -0.172. The number of aliphatic hydroxyl groups is 1. The van der Waals surface area contributed by atoms with Crippen LogP contribution in [0.4, 0.5) is 0 Å². The van der Waals surface area contributed by atoms with Crippen molar-refractivity contribution in [1.82, 2.24) is 0 Å². The molecule has 0 aromatic rings. The summed E-state index contributed by atoms with van der Waals surface area (Å²) < 4.78 is 67.8. The molecule has 0 atom stereocenters. The largest absolute Gasteiger partial charge is 0.462 e. The van der Waals surface area contributed by atoms with Crippen molar-refractivity contribution in [2.24, 2.45) is 21.7 Å². The van der Waals surface area contributed by atoms with Gasteiger partial charge < -0.3 is 66.7 Å². The van der Waals surface area contributed by atoms with Crippen molar-refractivity contribution in [3.8, 4) is 0 Å². The SMILES string of the molecule is C.C=CC(=O)OCC(CO)(COCC(COC(=O)C=C)(COC(=O)C=C)COC(=O)C=C)COC(=O)C=C.C=CC(=O)OCC(COCC(COC(=O)C=C)(COC(=O)C=C)COC(=O)C=C)(COC(=O)C=C)COC(=O)C=C. The number of carbonyl (C=O) groups excluding carboxylic acids is 11. The first-order valence-corrected chi connectivity index (χ1v) is 22.5. The quantitative estimate of drug-likeness (QED) is 0.0521. The van der Waals surface area contributed by atoms with Gasteiger partial charge in [0.25, 0.3) is 0 Å². The zero-order valence-corrected chi connectivity index (χ0v) is 43.2. The summed E-state index contributed by atoms with van der Waals surface area (Å²) in [4.78, 5) is 129. The Morgan fingerprint density at radius 1 is 0.241 bits per heavy atom. The molecule has 0 saturated carbocycles. The van der Waals surface area contributed by atoms with E-state index in [1.807, 2.05) is 0 Å². The lowest BCUT2D eigenvalue weighted by Crippen LogP contribution is -2.47. The molecule has 0 aliphatic rings. The standard InChI is InChI=1S/C28H34O13.C25H32O12.CH4/c1-7-21(29)36-15-27(16-37-22(30)8-2,17-38-23(31)9-3)13-35-14-28(18-39-24(32)10-4,19-40-25(33)11-5)20-41-26(34)12-6;1-6-19(27)33-14-24(11-26,15-34-20(28)7-2)12-32-13-25(16-35-21(29)8-3,17-36-22(30)9-4)18-37-23(31)10-5;/h7-12H,1-6,13-20H2;6-10,26H,1-5,11-18H2;1H4. The van der Waals surface area contributed by atoms with Crippen LogP contribution >= 0.6 is 0 Å². The molecular formula is C54H70O25. The van der Waals surface area contributed by atoms with Crippen LogP contribution in [-0.2, 0) is 114 Å². The highest BCUT2D eigenvalue weighted by Crippen LogP contribution is 2.28. The first kappa shape index (κ1) is 74.4. The van der Waals surface area contributed by atoms with Crippen LogP contribution in [-0.4, -0.2) is 176 Å². The number of hydrogen-bond donors (Lipinski definition) is 1. The van der Waals surface area contributed by atoms with Crippen LogP contribution in [0.25, 0.3) is 0 Å². The summed E-state index contributed by atoms with van der Waals surface area (Å²) in [5.41, 5.74) is -5.85. The minimum absolute atomic E-state index is 0. The third kappa shape index (κ3) is 32.4. The maximum Gasteiger partial charge on any atom is 0.330 e. The van der Waals surface area contributed by atoms with Gasteiger partial charge in [0.15, 0.2) is 0 Å². The third-order valence-corrected chi connectivity index (χ3v) is 9.53. The van der Waals surface area contributed by atoms with Crippen molar-refractivity contribution in [1.29, 1.82) is 0 Å². The van der Waals surface area contributed by atoms with E-state index in [4.69, 9.17) is 61.6 Å². The Morgan fingerprint density at radius 3 is 0.468 bits per heavy atom. The molecule has 25 nitrogen and oxygen atoms in total. The number of carbonyl (C=O) groups is 11. The molecule has 0 aromatic heterocycles. The van der Waals surface area contributed by atoms with Gasteiger partial charge in [-0.05, 0) is 0 Å². The van der Waals surface area contributed by atoms with E-state index in [0.29, 0.717) is 0 Å². The second-order valence-corrected chi connectivity index (χ2v) is 16.1. The topological polar surface area (TPSA) is 328 Å². The van der Waals surface area contributed by atoms with Crippen LogP contribution in [0.15, 0.2) is 139 Å². The van der Waals surface area contributed by atoms with Crippen LogP contribution in [0.1, 0.15) is 7.43 Å². The van der Waals surface area contributed by atoms with Gasteiger partial charge in [-0.15, -0.1) is 0 Å². The normalized spacial score (nSPS) is 10.5. The van der Waals surface area contributed by atoms with E-state index in [1.54, 1.807) is 0 Å². The number of aliphatic hydroxyl groups excluding tert-OH is 1. The maximum absolute atomic E-state index is 11.8. The minimum atomic E-state index is -1.49. The van der Waals surface area contributed by atoms with Crippen molar-refractivity contribution in [3.05, 3.63) is 139 Å². The summed E-state index contributed by atoms with van der Waals surface area (Å²) in [5.74, 6) is -9.05. The highest BCUT2D eigenvalue weighted by molar-refractivity contribution is 5.85. The van der Waals surface area contributed by atoms with Gasteiger partial charge in [0, 0.05) is 66.8 Å². The molecule has 0 aliphatic carbocycles. The van der Waals surface area contributed by atoms with E-state index in [0.717, 1.165) is 66.8 Å². The van der Waals surface area contributed by atoms with E-state index in [9.17, 15) is 57.8 Å². The second kappa shape index (κ2) is 41.4. The van der Waals surface area contributed by atoms with Gasteiger partial charge in [0.05, 0.1) is 54.7 Å². The van der Waals surface area contributed by atoms with E-state index in [-0.39, 0.29) is 20.6 Å². The molecule has 0 heterocycles. The summed E-state index contributed by atoms with van der Waals surface area (Å²) in [6.45, 7) is 28.9. The average Bonchev–Trinajstić information content (AvgIpc) is 3.47. The zero-order valence-electron chi connectivity index (χ0n) is 43.2. The van der Waals surface area contributed by atoms with Gasteiger partial charge in [-0.2, -0.15) is 0 Å². The lowest BCUT2D eigenvalue weighted by atomic mass is 9.90.